The fourth-order valence-electron chi connectivity index (χ4n) is 1.79. The molecule has 0 radical (unpaired) electrons. The van der Waals surface area contributed by atoms with E-state index >= 15 is 0 Å². The minimum atomic E-state index is 0.447. The van der Waals surface area contributed by atoms with Gasteiger partial charge in [-0.2, -0.15) is 5.06 Å². The van der Waals surface area contributed by atoms with E-state index in [4.69, 9.17) is 0 Å². The van der Waals surface area contributed by atoms with Crippen molar-refractivity contribution in [2.45, 2.75) is 51.5 Å². The predicted molar refractivity (Wildman–Crippen MR) is 45.7 cm³/mol. The van der Waals surface area contributed by atoms with E-state index in [9.17, 15) is 5.21 Å². The summed E-state index contributed by atoms with van der Waals surface area (Å²) in [5.74, 6) is 0. The van der Waals surface area contributed by atoms with Crippen LogP contribution in [0.25, 0.3) is 0 Å². The van der Waals surface area contributed by atoms with E-state index < -0.39 is 0 Å². The lowest BCUT2D eigenvalue weighted by atomic mass is 10.1. The second kappa shape index (κ2) is 4.73. The molecular formula is C9H19NO. The van der Waals surface area contributed by atoms with E-state index in [1.807, 2.05) is 0 Å². The van der Waals surface area contributed by atoms with Crippen molar-refractivity contribution in [2.75, 3.05) is 6.54 Å². The Morgan fingerprint density at radius 1 is 1.36 bits per heavy atom. The average molecular weight is 157 g/mol. The van der Waals surface area contributed by atoms with Crippen LogP contribution in [0, 0.1) is 0 Å². The Hall–Kier alpha value is -0.0800. The summed E-state index contributed by atoms with van der Waals surface area (Å²) in [7, 11) is 0. The van der Waals surface area contributed by atoms with Crippen LogP contribution in [0.2, 0.25) is 0 Å². The van der Waals surface area contributed by atoms with Crippen molar-refractivity contribution in [1.29, 1.82) is 0 Å². The predicted octanol–water partition coefficient (Wildman–Crippen LogP) is 2.42. The van der Waals surface area contributed by atoms with Crippen molar-refractivity contribution in [3.63, 3.8) is 0 Å². The van der Waals surface area contributed by atoms with Crippen LogP contribution in [0.3, 0.4) is 0 Å². The first kappa shape index (κ1) is 9.01. The third kappa shape index (κ3) is 2.80. The Morgan fingerprint density at radius 2 is 2.18 bits per heavy atom. The average Bonchev–Trinajstić information content (AvgIpc) is 2.18. The molecule has 1 atom stereocenters. The second-order valence-corrected chi connectivity index (χ2v) is 3.45. The zero-order chi connectivity index (χ0) is 8.10. The van der Waals surface area contributed by atoms with Gasteiger partial charge in [-0.1, -0.05) is 26.2 Å². The maximum atomic E-state index is 9.51. The van der Waals surface area contributed by atoms with Crippen molar-refractivity contribution in [2.24, 2.45) is 0 Å². The van der Waals surface area contributed by atoms with Gasteiger partial charge in [-0.25, -0.2) is 0 Å². The molecule has 0 amide bonds. The summed E-state index contributed by atoms with van der Waals surface area (Å²) in [4.78, 5) is 0. The Labute approximate surface area is 69.2 Å². The lowest BCUT2D eigenvalue weighted by Crippen LogP contribution is -2.31. The van der Waals surface area contributed by atoms with Gasteiger partial charge in [0.1, 0.15) is 0 Å². The van der Waals surface area contributed by atoms with E-state index in [2.05, 4.69) is 6.92 Å². The number of hydrogen-bond acceptors (Lipinski definition) is 2. The molecule has 1 fully saturated rings. The fraction of sp³-hybridized carbons (Fsp3) is 1.00. The van der Waals surface area contributed by atoms with Gasteiger partial charge in [-0.05, 0) is 19.3 Å². The third-order valence-corrected chi connectivity index (χ3v) is 2.47. The Morgan fingerprint density at radius 3 is 2.91 bits per heavy atom. The summed E-state index contributed by atoms with van der Waals surface area (Å²) in [5.41, 5.74) is 0. The minimum Gasteiger partial charge on any atom is -0.314 e. The molecule has 11 heavy (non-hydrogen) atoms. The van der Waals surface area contributed by atoms with Crippen LogP contribution in [-0.2, 0) is 0 Å². The van der Waals surface area contributed by atoms with Crippen LogP contribution in [-0.4, -0.2) is 22.9 Å². The standard InChI is InChI=1S/C9H19NO/c1-2-6-9-7-4-3-5-8-10(9)11/h9,11H,2-8H2,1H3. The van der Waals surface area contributed by atoms with Crippen LogP contribution >= 0.6 is 0 Å². The van der Waals surface area contributed by atoms with Crippen LogP contribution in [0.1, 0.15) is 45.4 Å². The molecule has 0 aromatic heterocycles. The number of hydrogen-bond donors (Lipinski definition) is 1. The van der Waals surface area contributed by atoms with Crippen molar-refractivity contribution in [1.82, 2.24) is 5.06 Å². The van der Waals surface area contributed by atoms with E-state index in [0.717, 1.165) is 19.4 Å². The molecule has 0 bridgehead atoms. The van der Waals surface area contributed by atoms with Gasteiger partial charge in [0.2, 0.25) is 0 Å². The summed E-state index contributed by atoms with van der Waals surface area (Å²) < 4.78 is 0. The normalized spacial score (nSPS) is 28.4. The molecule has 66 valence electrons. The largest absolute Gasteiger partial charge is 0.314 e. The molecule has 1 unspecified atom stereocenters. The molecule has 1 heterocycles. The molecular weight excluding hydrogens is 138 g/mol. The first-order valence-electron chi connectivity index (χ1n) is 4.80. The lowest BCUT2D eigenvalue weighted by Gasteiger charge is -2.22. The van der Waals surface area contributed by atoms with Gasteiger partial charge in [-0.15, -0.1) is 0 Å². The topological polar surface area (TPSA) is 23.5 Å². The molecule has 1 saturated heterocycles. The van der Waals surface area contributed by atoms with E-state index in [-0.39, 0.29) is 0 Å². The second-order valence-electron chi connectivity index (χ2n) is 3.45. The highest BCUT2D eigenvalue weighted by molar-refractivity contribution is 4.68. The van der Waals surface area contributed by atoms with Gasteiger partial charge < -0.3 is 5.21 Å². The van der Waals surface area contributed by atoms with Crippen LogP contribution in [0.5, 0.6) is 0 Å². The Kier molecular flexibility index (Phi) is 3.87. The van der Waals surface area contributed by atoms with Gasteiger partial charge in [0, 0.05) is 12.6 Å². The molecule has 0 spiro atoms. The smallest absolute Gasteiger partial charge is 0.0350 e. The van der Waals surface area contributed by atoms with E-state index in [1.165, 1.54) is 25.7 Å². The molecule has 1 N–H and O–H groups in total. The van der Waals surface area contributed by atoms with Gasteiger partial charge in [0.05, 0.1) is 0 Å². The number of hydroxylamine groups is 2. The first-order chi connectivity index (χ1) is 5.34. The van der Waals surface area contributed by atoms with Gasteiger partial charge in [-0.3, -0.25) is 0 Å². The molecule has 2 nitrogen and oxygen atoms in total. The third-order valence-electron chi connectivity index (χ3n) is 2.47. The maximum Gasteiger partial charge on any atom is 0.0350 e. The molecule has 0 aromatic carbocycles. The van der Waals surface area contributed by atoms with Crippen molar-refractivity contribution < 1.29 is 5.21 Å². The molecule has 0 aromatic rings. The highest BCUT2D eigenvalue weighted by Crippen LogP contribution is 2.18. The molecule has 2 heteroatoms. The molecule has 1 rings (SSSR count). The summed E-state index contributed by atoms with van der Waals surface area (Å²) in [6.07, 6.45) is 7.26. The lowest BCUT2D eigenvalue weighted by molar-refractivity contribution is -0.126. The summed E-state index contributed by atoms with van der Waals surface area (Å²) in [6.45, 7) is 3.06. The molecule has 1 aliphatic rings. The zero-order valence-electron chi connectivity index (χ0n) is 7.42. The molecule has 0 aliphatic carbocycles. The van der Waals surface area contributed by atoms with Crippen molar-refractivity contribution >= 4 is 0 Å². The van der Waals surface area contributed by atoms with Gasteiger partial charge in [0.25, 0.3) is 0 Å². The first-order valence-corrected chi connectivity index (χ1v) is 4.80. The van der Waals surface area contributed by atoms with Gasteiger partial charge in [0.15, 0.2) is 0 Å². The van der Waals surface area contributed by atoms with Crippen LogP contribution < -0.4 is 0 Å². The monoisotopic (exact) mass is 157 g/mol. The molecule has 1 aliphatic heterocycles. The maximum absolute atomic E-state index is 9.51. The number of rotatable bonds is 2. The van der Waals surface area contributed by atoms with Crippen LogP contribution in [0.4, 0.5) is 0 Å². The minimum absolute atomic E-state index is 0.447. The van der Waals surface area contributed by atoms with Crippen LogP contribution in [0.15, 0.2) is 0 Å². The van der Waals surface area contributed by atoms with Crippen molar-refractivity contribution in [3.8, 4) is 0 Å². The van der Waals surface area contributed by atoms with E-state index in [1.54, 1.807) is 5.06 Å². The summed E-state index contributed by atoms with van der Waals surface area (Å²) in [5, 5.41) is 11.1. The number of nitrogens with zero attached hydrogens (tertiary/aromatic N) is 1. The quantitative estimate of drug-likeness (QED) is 0.665. The Balaban J connectivity index is 2.32. The zero-order valence-corrected chi connectivity index (χ0v) is 7.42. The SMILES string of the molecule is CCCC1CCCCCN1O. The van der Waals surface area contributed by atoms with E-state index in [0.29, 0.717) is 6.04 Å². The summed E-state index contributed by atoms with van der Waals surface area (Å²) >= 11 is 0. The highest BCUT2D eigenvalue weighted by atomic mass is 16.5. The Bertz CT molecular complexity index is 106. The molecule has 0 saturated carbocycles. The summed E-state index contributed by atoms with van der Waals surface area (Å²) in [6, 6.07) is 0.447. The highest BCUT2D eigenvalue weighted by Gasteiger charge is 2.17. The van der Waals surface area contributed by atoms with Crippen molar-refractivity contribution in [3.05, 3.63) is 0 Å². The van der Waals surface area contributed by atoms with Gasteiger partial charge >= 0.3 is 0 Å². The fourth-order valence-corrected chi connectivity index (χ4v) is 1.79.